The number of nitro groups is 1. The lowest BCUT2D eigenvalue weighted by Crippen LogP contribution is -1.96. The van der Waals surface area contributed by atoms with E-state index in [4.69, 9.17) is 27.9 Å². The largest absolute Gasteiger partial charge is 0.448 e. The third kappa shape index (κ3) is 3.23. The molecule has 20 heavy (non-hydrogen) atoms. The molecule has 0 N–H and O–H groups in total. The molecular formula is C13H8BrCl2NO3. The van der Waals surface area contributed by atoms with Gasteiger partial charge < -0.3 is 4.74 Å². The summed E-state index contributed by atoms with van der Waals surface area (Å²) in [6, 6.07) is 9.63. The average Bonchev–Trinajstić information content (AvgIpc) is 2.41. The van der Waals surface area contributed by atoms with Crippen molar-refractivity contribution < 1.29 is 9.66 Å². The van der Waals surface area contributed by atoms with Crippen LogP contribution >= 0.6 is 39.1 Å². The molecular weight excluding hydrogens is 369 g/mol. The third-order valence-corrected chi connectivity index (χ3v) is 3.61. The van der Waals surface area contributed by atoms with Gasteiger partial charge in [0.15, 0.2) is 0 Å². The lowest BCUT2D eigenvalue weighted by molar-refractivity contribution is -0.385. The molecule has 4 nitrogen and oxygen atoms in total. The molecule has 0 aliphatic heterocycles. The van der Waals surface area contributed by atoms with Crippen LogP contribution in [-0.2, 0) is 5.88 Å². The highest BCUT2D eigenvalue weighted by atomic mass is 79.9. The molecule has 0 amide bonds. The van der Waals surface area contributed by atoms with E-state index in [9.17, 15) is 10.1 Å². The van der Waals surface area contributed by atoms with Gasteiger partial charge in [-0.3, -0.25) is 10.1 Å². The van der Waals surface area contributed by atoms with Gasteiger partial charge in [-0.2, -0.15) is 0 Å². The molecule has 0 saturated carbocycles. The summed E-state index contributed by atoms with van der Waals surface area (Å²) in [7, 11) is 0. The molecule has 2 rings (SSSR count). The topological polar surface area (TPSA) is 52.4 Å². The minimum atomic E-state index is -0.542. The van der Waals surface area contributed by atoms with Crippen LogP contribution in [0, 0.1) is 10.1 Å². The molecule has 0 aliphatic carbocycles. The van der Waals surface area contributed by atoms with Crippen molar-refractivity contribution in [3.63, 3.8) is 0 Å². The molecule has 0 spiro atoms. The Morgan fingerprint density at radius 3 is 2.70 bits per heavy atom. The zero-order valence-electron chi connectivity index (χ0n) is 9.98. The SMILES string of the molecule is O=[N+]([O-])c1cccc(Cl)c1Oc1cc(Br)ccc1CCl. The molecule has 2 aromatic carbocycles. The standard InChI is InChI=1S/C13H8BrCl2NO3/c14-9-5-4-8(7-15)12(6-9)20-13-10(16)2-1-3-11(13)17(18)19/h1-6H,7H2. The number of rotatable bonds is 4. The van der Waals surface area contributed by atoms with Crippen molar-refractivity contribution in [2.45, 2.75) is 5.88 Å². The van der Waals surface area contributed by atoms with Crippen LogP contribution in [0.4, 0.5) is 5.69 Å². The molecule has 0 atom stereocenters. The van der Waals surface area contributed by atoms with Crippen LogP contribution in [0.25, 0.3) is 0 Å². The first-order valence-corrected chi connectivity index (χ1v) is 7.18. The summed E-state index contributed by atoms with van der Waals surface area (Å²) >= 11 is 15.1. The first-order valence-electron chi connectivity index (χ1n) is 5.48. The van der Waals surface area contributed by atoms with E-state index >= 15 is 0 Å². The summed E-state index contributed by atoms with van der Waals surface area (Å²) in [5.41, 5.74) is 0.516. The van der Waals surface area contributed by atoms with Crippen molar-refractivity contribution >= 4 is 44.8 Å². The van der Waals surface area contributed by atoms with Gasteiger partial charge in [-0.25, -0.2) is 0 Å². The van der Waals surface area contributed by atoms with Crippen molar-refractivity contribution in [2.75, 3.05) is 0 Å². The molecule has 7 heteroatoms. The van der Waals surface area contributed by atoms with Crippen molar-refractivity contribution in [1.29, 1.82) is 0 Å². The summed E-state index contributed by atoms with van der Waals surface area (Å²) in [5, 5.41) is 11.2. The van der Waals surface area contributed by atoms with E-state index in [-0.39, 0.29) is 22.3 Å². The van der Waals surface area contributed by atoms with Crippen LogP contribution < -0.4 is 4.74 Å². The van der Waals surface area contributed by atoms with Gasteiger partial charge in [0.05, 0.1) is 15.8 Å². The Balaban J connectivity index is 2.50. The van der Waals surface area contributed by atoms with Crippen LogP contribution in [0.2, 0.25) is 5.02 Å². The molecule has 0 aliphatic rings. The van der Waals surface area contributed by atoms with Gasteiger partial charge in [0.2, 0.25) is 5.75 Å². The summed E-state index contributed by atoms with van der Waals surface area (Å²) in [4.78, 5) is 10.5. The molecule has 0 aromatic heterocycles. The van der Waals surface area contributed by atoms with Crippen LogP contribution in [-0.4, -0.2) is 4.92 Å². The number of para-hydroxylation sites is 1. The number of benzene rings is 2. The van der Waals surface area contributed by atoms with Crippen molar-refractivity contribution in [2.24, 2.45) is 0 Å². The van der Waals surface area contributed by atoms with E-state index in [2.05, 4.69) is 15.9 Å². The van der Waals surface area contributed by atoms with Gasteiger partial charge in [-0.15, -0.1) is 11.6 Å². The maximum atomic E-state index is 11.0. The number of alkyl halides is 1. The average molecular weight is 377 g/mol. The molecule has 0 fully saturated rings. The van der Waals surface area contributed by atoms with Gasteiger partial charge in [-0.1, -0.05) is 39.7 Å². The monoisotopic (exact) mass is 375 g/mol. The van der Waals surface area contributed by atoms with Crippen LogP contribution in [0.3, 0.4) is 0 Å². The summed E-state index contributed by atoms with van der Waals surface area (Å²) in [6.45, 7) is 0. The van der Waals surface area contributed by atoms with Gasteiger partial charge in [0, 0.05) is 16.1 Å². The maximum Gasteiger partial charge on any atom is 0.313 e. The van der Waals surface area contributed by atoms with Crippen LogP contribution in [0.5, 0.6) is 11.5 Å². The Morgan fingerprint density at radius 2 is 2.05 bits per heavy atom. The molecule has 0 heterocycles. The lowest BCUT2D eigenvalue weighted by Gasteiger charge is -2.11. The second-order valence-corrected chi connectivity index (χ2v) is 5.42. The fourth-order valence-corrected chi connectivity index (χ4v) is 2.36. The predicted octanol–water partition coefficient (Wildman–Crippen LogP) is 5.54. The molecule has 104 valence electrons. The number of hydrogen-bond acceptors (Lipinski definition) is 3. The first kappa shape index (κ1) is 15.1. The normalized spacial score (nSPS) is 10.3. The van der Waals surface area contributed by atoms with Crippen molar-refractivity contribution in [1.82, 2.24) is 0 Å². The van der Waals surface area contributed by atoms with E-state index in [1.54, 1.807) is 12.1 Å². The minimum absolute atomic E-state index is 0.00336. The molecule has 0 saturated heterocycles. The number of nitro benzene ring substituents is 1. The van der Waals surface area contributed by atoms with E-state index in [1.807, 2.05) is 6.07 Å². The van der Waals surface area contributed by atoms with Crippen LogP contribution in [0.15, 0.2) is 40.9 Å². The van der Waals surface area contributed by atoms with Gasteiger partial charge in [0.25, 0.3) is 0 Å². The third-order valence-electron chi connectivity index (χ3n) is 2.53. The Labute approximate surface area is 133 Å². The Kier molecular flexibility index (Phi) is 4.86. The van der Waals surface area contributed by atoms with E-state index in [0.717, 1.165) is 4.47 Å². The second-order valence-electron chi connectivity index (χ2n) is 3.83. The summed E-state index contributed by atoms with van der Waals surface area (Å²) < 4.78 is 6.39. The van der Waals surface area contributed by atoms with Gasteiger partial charge in [-0.05, 0) is 18.2 Å². The summed E-state index contributed by atoms with van der Waals surface area (Å²) in [5.74, 6) is 0.648. The smallest absolute Gasteiger partial charge is 0.313 e. The highest BCUT2D eigenvalue weighted by Crippen LogP contribution is 2.39. The highest BCUT2D eigenvalue weighted by molar-refractivity contribution is 9.10. The van der Waals surface area contributed by atoms with Gasteiger partial charge in [0.1, 0.15) is 5.75 Å². The first-order chi connectivity index (χ1) is 9.52. The summed E-state index contributed by atoms with van der Waals surface area (Å²) in [6.07, 6.45) is 0. The predicted molar refractivity (Wildman–Crippen MR) is 81.9 cm³/mol. The van der Waals surface area contributed by atoms with Gasteiger partial charge >= 0.3 is 5.69 Å². The number of nitrogens with zero attached hydrogens (tertiary/aromatic N) is 1. The quantitative estimate of drug-likeness (QED) is 0.399. The zero-order valence-corrected chi connectivity index (χ0v) is 13.1. The Bertz CT molecular complexity index is 664. The van der Waals surface area contributed by atoms with E-state index < -0.39 is 4.92 Å². The second kappa shape index (κ2) is 6.43. The molecule has 2 aromatic rings. The minimum Gasteiger partial charge on any atom is -0.448 e. The lowest BCUT2D eigenvalue weighted by atomic mass is 10.2. The van der Waals surface area contributed by atoms with Crippen LogP contribution in [0.1, 0.15) is 5.56 Å². The Hall–Kier alpha value is -1.30. The number of halogens is 3. The molecule has 0 radical (unpaired) electrons. The number of hydrogen-bond donors (Lipinski definition) is 0. The molecule has 0 bridgehead atoms. The van der Waals surface area contributed by atoms with Crippen molar-refractivity contribution in [3.05, 3.63) is 61.6 Å². The van der Waals surface area contributed by atoms with E-state index in [0.29, 0.717) is 11.3 Å². The fraction of sp³-hybridized carbons (Fsp3) is 0.0769. The zero-order chi connectivity index (χ0) is 14.7. The van der Waals surface area contributed by atoms with Crippen molar-refractivity contribution in [3.8, 4) is 11.5 Å². The highest BCUT2D eigenvalue weighted by Gasteiger charge is 2.20. The van der Waals surface area contributed by atoms with E-state index in [1.165, 1.54) is 18.2 Å². The molecule has 0 unspecified atom stereocenters. The number of ether oxygens (including phenoxy) is 1. The fourth-order valence-electron chi connectivity index (χ4n) is 1.59. The maximum absolute atomic E-state index is 11.0. The Morgan fingerprint density at radius 1 is 1.30 bits per heavy atom.